The number of rotatable bonds is 6. The molecule has 0 bridgehead atoms. The normalized spacial score (nSPS) is 13.5. The highest BCUT2D eigenvalue weighted by atomic mass is 32.2. The summed E-state index contributed by atoms with van der Waals surface area (Å²) in [5, 5.41) is -1.37. The van der Waals surface area contributed by atoms with Crippen LogP contribution in [0, 0.1) is 0 Å². The second kappa shape index (κ2) is 6.69. The third kappa shape index (κ3) is 3.95. The summed E-state index contributed by atoms with van der Waals surface area (Å²) in [5.41, 5.74) is 0. The topological polar surface area (TPSA) is 90.0 Å². The van der Waals surface area contributed by atoms with Crippen LogP contribution < -0.4 is 0 Å². The maximum absolute atomic E-state index is 12.1. The van der Waals surface area contributed by atoms with E-state index in [0.717, 1.165) is 18.5 Å². The Hall–Kier alpha value is -1.15. The van der Waals surface area contributed by atoms with E-state index in [-0.39, 0.29) is 0 Å². The van der Waals surface area contributed by atoms with E-state index >= 15 is 0 Å². The van der Waals surface area contributed by atoms with Crippen molar-refractivity contribution in [2.75, 3.05) is 20.8 Å². The molecule has 0 aromatic carbocycles. The molecule has 0 saturated carbocycles. The molecule has 0 spiro atoms. The van der Waals surface area contributed by atoms with E-state index in [1.54, 1.807) is 13.8 Å². The molecule has 1 atom stereocenters. The fourth-order valence-electron chi connectivity index (χ4n) is 1.25. The highest BCUT2D eigenvalue weighted by Crippen LogP contribution is 2.14. The molecule has 0 aliphatic rings. The summed E-state index contributed by atoms with van der Waals surface area (Å²) in [4.78, 5) is 22.5. The van der Waals surface area contributed by atoms with Gasteiger partial charge in [0.15, 0.2) is 5.25 Å². The van der Waals surface area contributed by atoms with Gasteiger partial charge in [-0.15, -0.1) is 0 Å². The number of methoxy groups -OCH3 is 2. The van der Waals surface area contributed by atoms with Crippen LogP contribution in [0.2, 0.25) is 0 Å². The van der Waals surface area contributed by atoms with E-state index < -0.39 is 39.8 Å². The molecule has 0 fully saturated rings. The van der Waals surface area contributed by atoms with Gasteiger partial charge in [0.1, 0.15) is 6.54 Å². The van der Waals surface area contributed by atoms with E-state index in [4.69, 9.17) is 0 Å². The van der Waals surface area contributed by atoms with Gasteiger partial charge >= 0.3 is 11.9 Å². The molecule has 0 rings (SSSR count). The minimum atomic E-state index is -3.96. The number of carbonyl (C=O) groups is 2. The van der Waals surface area contributed by atoms with E-state index in [9.17, 15) is 18.0 Å². The highest BCUT2D eigenvalue weighted by molar-refractivity contribution is 7.90. The number of hydrogen-bond acceptors (Lipinski definition) is 6. The summed E-state index contributed by atoms with van der Waals surface area (Å²) in [7, 11) is -1.69. The van der Waals surface area contributed by atoms with Crippen molar-refractivity contribution in [2.24, 2.45) is 0 Å². The molecular weight excluding hydrogens is 262 g/mol. The maximum Gasteiger partial charge on any atom is 0.325 e. The molecule has 0 aromatic rings. The first-order chi connectivity index (χ1) is 8.18. The maximum atomic E-state index is 12.1. The predicted molar refractivity (Wildman–Crippen MR) is 64.3 cm³/mol. The molecule has 7 nitrogen and oxygen atoms in total. The van der Waals surface area contributed by atoms with Gasteiger partial charge in [-0.3, -0.25) is 9.59 Å². The predicted octanol–water partition coefficient (Wildman–Crippen LogP) is -0.239. The zero-order valence-corrected chi connectivity index (χ0v) is 12.0. The Morgan fingerprint density at radius 3 is 1.94 bits per heavy atom. The third-order valence-corrected chi connectivity index (χ3v) is 4.69. The Bertz CT molecular complexity index is 403. The summed E-state index contributed by atoms with van der Waals surface area (Å²) in [6.45, 7) is 3.99. The molecule has 0 heterocycles. The fourth-order valence-corrected chi connectivity index (χ4v) is 2.87. The number of ether oxygens (including phenoxy) is 2. The summed E-state index contributed by atoms with van der Waals surface area (Å²) in [5.74, 6) is -1.56. The van der Waals surface area contributed by atoms with Gasteiger partial charge in [-0.25, -0.2) is 8.42 Å². The molecule has 8 heteroatoms. The van der Waals surface area contributed by atoms with Gasteiger partial charge in [0.05, 0.1) is 14.2 Å². The minimum absolute atomic E-state index is 0.433. The summed E-state index contributed by atoms with van der Waals surface area (Å²) < 4.78 is 34.0. The number of hydrogen-bond donors (Lipinski definition) is 0. The molecule has 1 unspecified atom stereocenters. The fraction of sp³-hybridized carbons (Fsp3) is 0.800. The second-order valence-corrected chi connectivity index (χ2v) is 6.13. The van der Waals surface area contributed by atoms with Crippen molar-refractivity contribution in [3.8, 4) is 0 Å². The largest absolute Gasteiger partial charge is 0.468 e. The van der Waals surface area contributed by atoms with Gasteiger partial charge < -0.3 is 9.47 Å². The average molecular weight is 281 g/mol. The van der Waals surface area contributed by atoms with Crippen LogP contribution in [0.4, 0.5) is 0 Å². The summed E-state index contributed by atoms with van der Waals surface area (Å²) >= 11 is 0. The summed E-state index contributed by atoms with van der Waals surface area (Å²) in [6, 6.07) is -0.471. The van der Waals surface area contributed by atoms with Gasteiger partial charge in [-0.1, -0.05) is 0 Å². The molecule has 18 heavy (non-hydrogen) atoms. The van der Waals surface area contributed by atoms with Crippen molar-refractivity contribution in [2.45, 2.75) is 32.1 Å². The smallest absolute Gasteiger partial charge is 0.325 e. The van der Waals surface area contributed by atoms with Crippen LogP contribution in [0.5, 0.6) is 0 Å². The van der Waals surface area contributed by atoms with Gasteiger partial charge in [-0.2, -0.15) is 4.31 Å². The van der Waals surface area contributed by atoms with Crippen LogP contribution in [0.15, 0.2) is 0 Å². The highest BCUT2D eigenvalue weighted by Gasteiger charge is 2.37. The van der Waals surface area contributed by atoms with E-state index in [2.05, 4.69) is 9.47 Å². The van der Waals surface area contributed by atoms with Crippen molar-refractivity contribution in [3.63, 3.8) is 0 Å². The van der Waals surface area contributed by atoms with E-state index in [1.165, 1.54) is 6.92 Å². The Morgan fingerprint density at radius 2 is 1.61 bits per heavy atom. The first-order valence-corrected chi connectivity index (χ1v) is 6.84. The lowest BCUT2D eigenvalue weighted by atomic mass is 10.4. The Kier molecular flexibility index (Phi) is 6.27. The summed E-state index contributed by atoms with van der Waals surface area (Å²) in [6.07, 6.45) is 0. The zero-order chi connectivity index (χ0) is 14.5. The molecule has 0 saturated heterocycles. The van der Waals surface area contributed by atoms with E-state index in [0.29, 0.717) is 0 Å². The van der Waals surface area contributed by atoms with Gasteiger partial charge in [-0.05, 0) is 20.8 Å². The molecule has 0 aliphatic heterocycles. The standard InChI is InChI=1S/C10H19NO6S/c1-7(2)11(6-9(12)16-4)18(14,15)8(3)10(13)17-5/h7-8H,6H2,1-5H3. The number of carbonyl (C=O) groups excluding carboxylic acids is 2. The molecule has 0 aromatic heterocycles. The second-order valence-electron chi connectivity index (χ2n) is 3.93. The monoisotopic (exact) mass is 281 g/mol. The van der Waals surface area contributed by atoms with Crippen LogP contribution in [0.3, 0.4) is 0 Å². The van der Waals surface area contributed by atoms with Crippen molar-refractivity contribution in [3.05, 3.63) is 0 Å². The van der Waals surface area contributed by atoms with Crippen molar-refractivity contribution in [1.82, 2.24) is 4.31 Å². The van der Waals surface area contributed by atoms with Crippen LogP contribution >= 0.6 is 0 Å². The Morgan fingerprint density at radius 1 is 1.11 bits per heavy atom. The van der Waals surface area contributed by atoms with Crippen molar-refractivity contribution in [1.29, 1.82) is 0 Å². The van der Waals surface area contributed by atoms with E-state index in [1.807, 2.05) is 0 Å². The molecule has 106 valence electrons. The molecule has 0 aliphatic carbocycles. The van der Waals surface area contributed by atoms with Gasteiger partial charge in [0.2, 0.25) is 10.0 Å². The average Bonchev–Trinajstić information content (AvgIpc) is 2.32. The Balaban J connectivity index is 5.23. The first-order valence-electron chi connectivity index (χ1n) is 5.33. The minimum Gasteiger partial charge on any atom is -0.468 e. The molecule has 0 amide bonds. The van der Waals surface area contributed by atoms with Crippen LogP contribution in [-0.4, -0.2) is 56.7 Å². The van der Waals surface area contributed by atoms with Crippen molar-refractivity contribution >= 4 is 22.0 Å². The zero-order valence-electron chi connectivity index (χ0n) is 11.2. The number of sulfonamides is 1. The number of esters is 2. The molecule has 0 radical (unpaired) electrons. The van der Waals surface area contributed by atoms with Crippen molar-refractivity contribution < 1.29 is 27.5 Å². The van der Waals surface area contributed by atoms with Gasteiger partial charge in [0.25, 0.3) is 0 Å². The molecule has 0 N–H and O–H groups in total. The lowest BCUT2D eigenvalue weighted by Gasteiger charge is -2.26. The lowest BCUT2D eigenvalue weighted by molar-refractivity contribution is -0.142. The Labute approximate surface area is 107 Å². The van der Waals surface area contributed by atoms with Gasteiger partial charge in [0, 0.05) is 6.04 Å². The first kappa shape index (κ1) is 16.9. The quantitative estimate of drug-likeness (QED) is 0.624. The number of nitrogens with zero attached hydrogens (tertiary/aromatic N) is 1. The lowest BCUT2D eigenvalue weighted by Crippen LogP contribution is -2.47. The van der Waals surface area contributed by atoms with Crippen LogP contribution in [-0.2, 0) is 29.1 Å². The SMILES string of the molecule is COC(=O)CN(C(C)C)S(=O)(=O)C(C)C(=O)OC. The third-order valence-electron chi connectivity index (χ3n) is 2.40. The van der Waals surface area contributed by atoms with Crippen LogP contribution in [0.25, 0.3) is 0 Å². The van der Waals surface area contributed by atoms with Crippen LogP contribution in [0.1, 0.15) is 20.8 Å². The molecular formula is C10H19NO6S.